The summed E-state index contributed by atoms with van der Waals surface area (Å²) in [5, 5.41) is 9.19. The standard InChI is InChI=1S/C10H16ClN3O/c1-2-8(3-4-11)5-12-10(15)9-6-13-14-7-9/h6-8H,2-5H2,1H3,(H,12,15)(H,13,14). The molecule has 5 heteroatoms. The number of carbonyl (C=O) groups excluding carboxylic acids is 1. The quantitative estimate of drug-likeness (QED) is 0.731. The molecule has 1 aromatic heterocycles. The zero-order chi connectivity index (χ0) is 11.1. The zero-order valence-corrected chi connectivity index (χ0v) is 9.55. The monoisotopic (exact) mass is 229 g/mol. The van der Waals surface area contributed by atoms with Crippen molar-refractivity contribution in [2.45, 2.75) is 19.8 Å². The van der Waals surface area contributed by atoms with Crippen LogP contribution in [0.4, 0.5) is 0 Å². The summed E-state index contributed by atoms with van der Waals surface area (Å²) in [6.45, 7) is 2.77. The molecule has 1 rings (SSSR count). The highest BCUT2D eigenvalue weighted by Gasteiger charge is 2.09. The van der Waals surface area contributed by atoms with E-state index in [1.165, 1.54) is 6.20 Å². The highest BCUT2D eigenvalue weighted by Crippen LogP contribution is 2.08. The molecule has 4 nitrogen and oxygen atoms in total. The molecule has 0 spiro atoms. The summed E-state index contributed by atoms with van der Waals surface area (Å²) in [6, 6.07) is 0. The number of nitrogens with zero attached hydrogens (tertiary/aromatic N) is 1. The van der Waals surface area contributed by atoms with Crippen molar-refractivity contribution in [3.05, 3.63) is 18.0 Å². The molecule has 1 unspecified atom stereocenters. The third-order valence-corrected chi connectivity index (χ3v) is 2.62. The van der Waals surface area contributed by atoms with Gasteiger partial charge in [0.1, 0.15) is 0 Å². The first-order valence-corrected chi connectivity index (χ1v) is 5.64. The number of amides is 1. The molecule has 84 valence electrons. The van der Waals surface area contributed by atoms with Gasteiger partial charge >= 0.3 is 0 Å². The Kier molecular flexibility index (Phi) is 5.18. The molecule has 15 heavy (non-hydrogen) atoms. The zero-order valence-electron chi connectivity index (χ0n) is 8.79. The summed E-state index contributed by atoms with van der Waals surface area (Å²) in [7, 11) is 0. The van der Waals surface area contributed by atoms with E-state index >= 15 is 0 Å². The molecule has 1 aromatic rings. The number of halogens is 1. The van der Waals surface area contributed by atoms with Crippen LogP contribution >= 0.6 is 11.6 Å². The second kappa shape index (κ2) is 6.45. The molecule has 1 heterocycles. The van der Waals surface area contributed by atoms with Gasteiger partial charge < -0.3 is 5.32 Å². The molecule has 2 N–H and O–H groups in total. The number of nitrogens with one attached hydrogen (secondary N) is 2. The summed E-state index contributed by atoms with van der Waals surface area (Å²) in [6.07, 6.45) is 5.05. The van der Waals surface area contributed by atoms with E-state index in [0.29, 0.717) is 23.9 Å². The summed E-state index contributed by atoms with van der Waals surface area (Å²) < 4.78 is 0. The lowest BCUT2D eigenvalue weighted by atomic mass is 10.0. The number of aromatic amines is 1. The van der Waals surface area contributed by atoms with Crippen LogP contribution in [0.2, 0.25) is 0 Å². The summed E-state index contributed by atoms with van der Waals surface area (Å²) in [5.41, 5.74) is 0.565. The van der Waals surface area contributed by atoms with E-state index in [4.69, 9.17) is 11.6 Å². The first-order valence-electron chi connectivity index (χ1n) is 5.10. The van der Waals surface area contributed by atoms with Crippen LogP contribution in [0.1, 0.15) is 30.1 Å². The minimum atomic E-state index is -0.0863. The predicted molar refractivity (Wildman–Crippen MR) is 60.0 cm³/mol. The molecule has 0 radical (unpaired) electrons. The first kappa shape index (κ1) is 12.0. The van der Waals surface area contributed by atoms with Gasteiger partial charge in [0.15, 0.2) is 0 Å². The lowest BCUT2D eigenvalue weighted by Crippen LogP contribution is -2.29. The minimum absolute atomic E-state index is 0.0863. The Morgan fingerprint density at radius 3 is 3.07 bits per heavy atom. The maximum absolute atomic E-state index is 11.5. The maximum atomic E-state index is 11.5. The van der Waals surface area contributed by atoms with Gasteiger partial charge in [0.2, 0.25) is 0 Å². The first-order chi connectivity index (χ1) is 7.27. The van der Waals surface area contributed by atoms with Crippen molar-refractivity contribution in [2.75, 3.05) is 12.4 Å². The van der Waals surface area contributed by atoms with Crippen LogP contribution < -0.4 is 5.32 Å². The lowest BCUT2D eigenvalue weighted by Gasteiger charge is -2.13. The van der Waals surface area contributed by atoms with Gasteiger partial charge in [-0.15, -0.1) is 11.6 Å². The van der Waals surface area contributed by atoms with Crippen molar-refractivity contribution in [3.63, 3.8) is 0 Å². The van der Waals surface area contributed by atoms with Crippen molar-refractivity contribution in [1.29, 1.82) is 0 Å². The molecular weight excluding hydrogens is 214 g/mol. The third-order valence-electron chi connectivity index (χ3n) is 2.41. The fraction of sp³-hybridized carbons (Fsp3) is 0.600. The Morgan fingerprint density at radius 1 is 1.73 bits per heavy atom. The molecule has 0 aromatic carbocycles. The van der Waals surface area contributed by atoms with Crippen LogP contribution in [0.25, 0.3) is 0 Å². The van der Waals surface area contributed by atoms with Crippen LogP contribution in [0.3, 0.4) is 0 Å². The smallest absolute Gasteiger partial charge is 0.254 e. The highest BCUT2D eigenvalue weighted by molar-refractivity contribution is 6.17. The van der Waals surface area contributed by atoms with E-state index in [2.05, 4.69) is 22.4 Å². The normalized spacial score (nSPS) is 12.4. The number of carbonyl (C=O) groups is 1. The largest absolute Gasteiger partial charge is 0.352 e. The molecule has 0 bridgehead atoms. The Morgan fingerprint density at radius 2 is 2.53 bits per heavy atom. The minimum Gasteiger partial charge on any atom is -0.352 e. The van der Waals surface area contributed by atoms with Crippen molar-refractivity contribution in [3.8, 4) is 0 Å². The van der Waals surface area contributed by atoms with Crippen molar-refractivity contribution in [1.82, 2.24) is 15.5 Å². The predicted octanol–water partition coefficient (Wildman–Crippen LogP) is 1.79. The van der Waals surface area contributed by atoms with Gasteiger partial charge in [-0.25, -0.2) is 0 Å². The second-order valence-corrected chi connectivity index (χ2v) is 3.83. The molecular formula is C10H16ClN3O. The fourth-order valence-electron chi connectivity index (χ4n) is 1.32. The summed E-state index contributed by atoms with van der Waals surface area (Å²) in [5.74, 6) is 1.01. The third kappa shape index (κ3) is 3.91. The Balaban J connectivity index is 2.33. The topological polar surface area (TPSA) is 57.8 Å². The highest BCUT2D eigenvalue weighted by atomic mass is 35.5. The van der Waals surface area contributed by atoms with Crippen LogP contribution in [-0.4, -0.2) is 28.5 Å². The molecule has 1 atom stereocenters. The number of rotatable bonds is 6. The summed E-state index contributed by atoms with van der Waals surface area (Å²) in [4.78, 5) is 11.5. The number of H-pyrrole nitrogens is 1. The SMILES string of the molecule is CCC(CCCl)CNC(=O)c1cn[nH]c1. The van der Waals surface area contributed by atoms with E-state index < -0.39 is 0 Å². The van der Waals surface area contributed by atoms with E-state index in [-0.39, 0.29) is 5.91 Å². The van der Waals surface area contributed by atoms with E-state index in [9.17, 15) is 4.79 Å². The van der Waals surface area contributed by atoms with Crippen LogP contribution in [0.15, 0.2) is 12.4 Å². The van der Waals surface area contributed by atoms with Gasteiger partial charge in [0, 0.05) is 18.6 Å². The van der Waals surface area contributed by atoms with Crippen molar-refractivity contribution >= 4 is 17.5 Å². The lowest BCUT2D eigenvalue weighted by molar-refractivity contribution is 0.0946. The van der Waals surface area contributed by atoms with E-state index in [0.717, 1.165) is 12.8 Å². The van der Waals surface area contributed by atoms with Gasteiger partial charge in [-0.1, -0.05) is 13.3 Å². The van der Waals surface area contributed by atoms with Crippen molar-refractivity contribution < 1.29 is 4.79 Å². The van der Waals surface area contributed by atoms with Gasteiger partial charge in [-0.05, 0) is 12.3 Å². The Bertz CT molecular complexity index is 287. The van der Waals surface area contributed by atoms with E-state index in [1.807, 2.05) is 0 Å². The van der Waals surface area contributed by atoms with Crippen molar-refractivity contribution in [2.24, 2.45) is 5.92 Å². The van der Waals surface area contributed by atoms with Crippen LogP contribution in [0.5, 0.6) is 0 Å². The molecule has 0 saturated heterocycles. The number of hydrogen-bond donors (Lipinski definition) is 2. The second-order valence-electron chi connectivity index (χ2n) is 3.45. The number of hydrogen-bond acceptors (Lipinski definition) is 2. The molecule has 1 amide bonds. The molecule has 0 aliphatic heterocycles. The molecule has 0 fully saturated rings. The number of aromatic nitrogens is 2. The average molecular weight is 230 g/mol. The van der Waals surface area contributed by atoms with Crippen LogP contribution in [0, 0.1) is 5.92 Å². The van der Waals surface area contributed by atoms with Gasteiger partial charge in [0.05, 0.1) is 11.8 Å². The Hall–Kier alpha value is -1.03. The van der Waals surface area contributed by atoms with Crippen LogP contribution in [-0.2, 0) is 0 Å². The van der Waals surface area contributed by atoms with Gasteiger partial charge in [0.25, 0.3) is 5.91 Å². The molecule has 0 aliphatic rings. The van der Waals surface area contributed by atoms with E-state index in [1.54, 1.807) is 6.20 Å². The maximum Gasteiger partial charge on any atom is 0.254 e. The Labute approximate surface area is 94.4 Å². The molecule has 0 saturated carbocycles. The number of alkyl halides is 1. The fourth-order valence-corrected chi connectivity index (χ4v) is 1.63. The van der Waals surface area contributed by atoms with Gasteiger partial charge in [-0.3, -0.25) is 9.89 Å². The van der Waals surface area contributed by atoms with Gasteiger partial charge in [-0.2, -0.15) is 5.10 Å². The molecule has 0 aliphatic carbocycles. The average Bonchev–Trinajstić information content (AvgIpc) is 2.77. The summed E-state index contributed by atoms with van der Waals surface area (Å²) >= 11 is 5.66.